The van der Waals surface area contributed by atoms with Crippen LogP contribution in [0.15, 0.2) is 0 Å². The van der Waals surface area contributed by atoms with E-state index >= 15 is 0 Å². The van der Waals surface area contributed by atoms with Crippen LogP contribution >= 0.6 is 0 Å². The average Bonchev–Trinajstić information content (AvgIpc) is 2.44. The highest BCUT2D eigenvalue weighted by molar-refractivity contribution is 5.05. The molecule has 0 aromatic carbocycles. The summed E-state index contributed by atoms with van der Waals surface area (Å²) >= 11 is 0. The molecule has 0 atom stereocenters. The van der Waals surface area contributed by atoms with Gasteiger partial charge in [-0.05, 0) is 38.8 Å². The van der Waals surface area contributed by atoms with E-state index in [4.69, 9.17) is 0 Å². The Kier molecular flexibility index (Phi) is 1.48. The van der Waals surface area contributed by atoms with E-state index in [0.717, 1.165) is 5.54 Å². The highest BCUT2D eigenvalue weighted by Crippen LogP contribution is 2.47. The molecule has 1 aliphatic carbocycles. The van der Waals surface area contributed by atoms with Crippen molar-refractivity contribution in [2.45, 2.75) is 44.6 Å². The molecule has 0 radical (unpaired) electrons. The maximum Gasteiger partial charge on any atom is 0.0210 e. The lowest BCUT2D eigenvalue weighted by Gasteiger charge is -2.39. The Morgan fingerprint density at radius 3 is 2.30 bits per heavy atom. The van der Waals surface area contributed by atoms with Gasteiger partial charge in [0.05, 0.1) is 0 Å². The summed E-state index contributed by atoms with van der Waals surface area (Å²) < 4.78 is 0. The van der Waals surface area contributed by atoms with Crippen LogP contribution in [0, 0.1) is 0 Å². The van der Waals surface area contributed by atoms with E-state index in [-0.39, 0.29) is 0 Å². The third-order valence-corrected chi connectivity index (χ3v) is 3.07. The first-order valence-electron chi connectivity index (χ1n) is 4.62. The van der Waals surface area contributed by atoms with Crippen molar-refractivity contribution in [3.8, 4) is 0 Å². The fraction of sp³-hybridized carbons (Fsp3) is 1.00. The summed E-state index contributed by atoms with van der Waals surface area (Å²) in [6.45, 7) is 5.08. The first kappa shape index (κ1) is 6.66. The fourth-order valence-corrected chi connectivity index (χ4v) is 2.12. The molecule has 1 saturated carbocycles. The molecule has 0 unspecified atom stereocenters. The van der Waals surface area contributed by atoms with Crippen molar-refractivity contribution in [3.05, 3.63) is 0 Å². The van der Waals surface area contributed by atoms with Crippen LogP contribution in [0.4, 0.5) is 0 Å². The second-order valence-corrected chi connectivity index (χ2v) is 3.81. The zero-order chi connectivity index (χ0) is 7.03. The molecule has 58 valence electrons. The van der Waals surface area contributed by atoms with Gasteiger partial charge in [-0.3, -0.25) is 4.90 Å². The lowest BCUT2D eigenvalue weighted by atomic mass is 10.0. The summed E-state index contributed by atoms with van der Waals surface area (Å²) in [7, 11) is 0. The topological polar surface area (TPSA) is 3.24 Å². The van der Waals surface area contributed by atoms with Crippen LogP contribution in [0.1, 0.15) is 39.0 Å². The first-order valence-corrected chi connectivity index (χ1v) is 4.62. The third-order valence-electron chi connectivity index (χ3n) is 3.07. The lowest BCUT2D eigenvalue weighted by molar-refractivity contribution is 0.0937. The van der Waals surface area contributed by atoms with Gasteiger partial charge in [0.2, 0.25) is 0 Å². The molecule has 1 heteroatoms. The molecule has 2 fully saturated rings. The molecule has 1 nitrogen and oxygen atoms in total. The van der Waals surface area contributed by atoms with Crippen LogP contribution in [-0.2, 0) is 0 Å². The largest absolute Gasteiger partial charge is 0.298 e. The van der Waals surface area contributed by atoms with Crippen LogP contribution in [0.3, 0.4) is 0 Å². The second kappa shape index (κ2) is 2.23. The highest BCUT2D eigenvalue weighted by atomic mass is 15.3. The van der Waals surface area contributed by atoms with Crippen molar-refractivity contribution in [3.63, 3.8) is 0 Å². The van der Waals surface area contributed by atoms with Gasteiger partial charge in [0.25, 0.3) is 0 Å². The monoisotopic (exact) mass is 139 g/mol. The summed E-state index contributed by atoms with van der Waals surface area (Å²) in [5.41, 5.74) is 0.729. The minimum atomic E-state index is 0.729. The summed E-state index contributed by atoms with van der Waals surface area (Å²) in [4.78, 5) is 2.69. The Morgan fingerprint density at radius 2 is 2.00 bits per heavy atom. The summed E-state index contributed by atoms with van der Waals surface area (Å²) in [5, 5.41) is 0. The van der Waals surface area contributed by atoms with Gasteiger partial charge in [-0.2, -0.15) is 0 Å². The van der Waals surface area contributed by atoms with E-state index in [1.165, 1.54) is 45.2 Å². The van der Waals surface area contributed by atoms with Crippen molar-refractivity contribution < 1.29 is 0 Å². The number of rotatable bonds is 3. The van der Waals surface area contributed by atoms with Gasteiger partial charge in [0, 0.05) is 5.54 Å². The normalized spacial score (nSPS) is 29.7. The molecule has 2 rings (SSSR count). The van der Waals surface area contributed by atoms with Gasteiger partial charge < -0.3 is 0 Å². The highest BCUT2D eigenvalue weighted by Gasteiger charge is 2.48. The SMILES string of the molecule is CCCC1(N2CCC2)CC1. The van der Waals surface area contributed by atoms with Gasteiger partial charge in [0.1, 0.15) is 0 Å². The minimum Gasteiger partial charge on any atom is -0.298 e. The Labute approximate surface area is 63.4 Å². The molecule has 0 spiro atoms. The van der Waals surface area contributed by atoms with Gasteiger partial charge >= 0.3 is 0 Å². The quantitative estimate of drug-likeness (QED) is 0.578. The molecule has 0 aromatic heterocycles. The van der Waals surface area contributed by atoms with E-state index in [0.29, 0.717) is 0 Å². The number of nitrogens with zero attached hydrogens (tertiary/aromatic N) is 1. The standard InChI is InChI=1S/C9H17N/c1-2-4-9(5-6-9)10-7-3-8-10/h2-8H2,1H3. The molecule has 0 amide bonds. The molecule has 1 saturated heterocycles. The van der Waals surface area contributed by atoms with E-state index in [9.17, 15) is 0 Å². The molecule has 10 heavy (non-hydrogen) atoms. The van der Waals surface area contributed by atoms with Crippen molar-refractivity contribution in [2.75, 3.05) is 13.1 Å². The Balaban J connectivity index is 1.87. The van der Waals surface area contributed by atoms with E-state index in [2.05, 4.69) is 11.8 Å². The molecule has 2 aliphatic rings. The van der Waals surface area contributed by atoms with E-state index < -0.39 is 0 Å². The first-order chi connectivity index (χ1) is 4.87. The smallest absolute Gasteiger partial charge is 0.0210 e. The zero-order valence-electron chi connectivity index (χ0n) is 6.90. The van der Waals surface area contributed by atoms with Crippen LogP contribution in [0.25, 0.3) is 0 Å². The Bertz CT molecular complexity index is 123. The van der Waals surface area contributed by atoms with Crippen molar-refractivity contribution >= 4 is 0 Å². The molecule has 1 aliphatic heterocycles. The molecule has 0 N–H and O–H groups in total. The average molecular weight is 139 g/mol. The maximum absolute atomic E-state index is 2.69. The molecule has 0 bridgehead atoms. The van der Waals surface area contributed by atoms with Crippen LogP contribution < -0.4 is 0 Å². The lowest BCUT2D eigenvalue weighted by Crippen LogP contribution is -2.46. The third kappa shape index (κ3) is 0.878. The van der Waals surface area contributed by atoms with Crippen molar-refractivity contribution in [2.24, 2.45) is 0 Å². The molecular weight excluding hydrogens is 122 g/mol. The molecule has 1 heterocycles. The van der Waals surface area contributed by atoms with Crippen LogP contribution in [-0.4, -0.2) is 23.5 Å². The summed E-state index contributed by atoms with van der Waals surface area (Å²) in [6, 6.07) is 0. The van der Waals surface area contributed by atoms with E-state index in [1.807, 2.05) is 0 Å². The fourth-order valence-electron chi connectivity index (χ4n) is 2.12. The number of hydrogen-bond donors (Lipinski definition) is 0. The Hall–Kier alpha value is -0.0400. The van der Waals surface area contributed by atoms with Gasteiger partial charge in [-0.15, -0.1) is 0 Å². The van der Waals surface area contributed by atoms with Gasteiger partial charge in [-0.25, -0.2) is 0 Å². The number of hydrogen-bond acceptors (Lipinski definition) is 1. The van der Waals surface area contributed by atoms with Gasteiger partial charge in [-0.1, -0.05) is 13.3 Å². The molecule has 0 aromatic rings. The number of likely N-dealkylation sites (tertiary alicyclic amines) is 1. The van der Waals surface area contributed by atoms with Crippen LogP contribution in [0.2, 0.25) is 0 Å². The predicted octanol–water partition coefficient (Wildman–Crippen LogP) is 2.02. The van der Waals surface area contributed by atoms with E-state index in [1.54, 1.807) is 0 Å². The van der Waals surface area contributed by atoms with Crippen LogP contribution in [0.5, 0.6) is 0 Å². The minimum absolute atomic E-state index is 0.729. The summed E-state index contributed by atoms with van der Waals surface area (Å²) in [5.74, 6) is 0. The van der Waals surface area contributed by atoms with Crippen molar-refractivity contribution in [1.82, 2.24) is 4.90 Å². The molecular formula is C9H17N. The zero-order valence-corrected chi connectivity index (χ0v) is 6.90. The summed E-state index contributed by atoms with van der Waals surface area (Å²) in [6.07, 6.45) is 7.25. The maximum atomic E-state index is 2.69. The Morgan fingerprint density at radius 1 is 1.30 bits per heavy atom. The van der Waals surface area contributed by atoms with Crippen molar-refractivity contribution in [1.29, 1.82) is 0 Å². The predicted molar refractivity (Wildman–Crippen MR) is 43.1 cm³/mol. The van der Waals surface area contributed by atoms with Gasteiger partial charge in [0.15, 0.2) is 0 Å². The second-order valence-electron chi connectivity index (χ2n) is 3.81.